The van der Waals surface area contributed by atoms with Gasteiger partial charge in [0.05, 0.1) is 18.0 Å². The molecule has 4 nitrogen and oxygen atoms in total. The maximum atomic E-state index is 10.9. The van der Waals surface area contributed by atoms with Crippen LogP contribution in [-0.4, -0.2) is 22.5 Å². The van der Waals surface area contributed by atoms with Crippen LogP contribution in [0.15, 0.2) is 85.2 Å². The Bertz CT molecular complexity index is 897. The second-order valence-corrected chi connectivity index (χ2v) is 6.52. The first-order valence-corrected chi connectivity index (χ1v) is 9.90. The van der Waals surface area contributed by atoms with Crippen LogP contribution in [0.4, 0.5) is 0 Å². The molecule has 0 amide bonds. The zero-order chi connectivity index (χ0) is 20.7. The molecule has 0 bridgehead atoms. The number of ether oxygens (including phenoxy) is 1. The van der Waals surface area contributed by atoms with Crippen LogP contribution >= 0.6 is 11.3 Å². The van der Waals surface area contributed by atoms with Gasteiger partial charge in [-0.1, -0.05) is 19.1 Å². The molecule has 0 radical (unpaired) electrons. The number of pyridine rings is 2. The second kappa shape index (κ2) is 15.2. The maximum Gasteiger partial charge on any atom is 2.00 e. The standard InChI is InChI=1S/C10H8N2.C7H7O2S.C7H7.Pt/c1-3-7-11-9(5-1)10-6-2-4-8-12-10;1-2-9-7(8)6-4-3-5-10-6;1-7-5-3-2-4-6-7;/h1-8H;3-4H,2H2,1H3;3-6H,1H3;/q;2*-1;+2. The summed E-state index contributed by atoms with van der Waals surface area (Å²) in [5, 5.41) is 2.81. The Morgan fingerprint density at radius 2 is 1.53 bits per heavy atom. The molecule has 0 spiro atoms. The number of hydrogen-bond donors (Lipinski definition) is 0. The molecule has 3 aromatic heterocycles. The Hall–Kier alpha value is -2.62. The van der Waals surface area contributed by atoms with E-state index < -0.39 is 0 Å². The zero-order valence-electron chi connectivity index (χ0n) is 16.7. The van der Waals surface area contributed by atoms with Crippen LogP contribution in [0.3, 0.4) is 0 Å². The summed E-state index contributed by atoms with van der Waals surface area (Å²) in [4.78, 5) is 19.9. The predicted octanol–water partition coefficient (Wildman–Crippen LogP) is 5.66. The average molecular weight is 598 g/mol. The van der Waals surface area contributed by atoms with Gasteiger partial charge < -0.3 is 4.74 Å². The minimum Gasteiger partial charge on any atom is -0.472 e. The molecule has 0 unspecified atom stereocenters. The molecule has 0 saturated heterocycles. The van der Waals surface area contributed by atoms with Crippen molar-refractivity contribution in [2.24, 2.45) is 0 Å². The monoisotopic (exact) mass is 597 g/mol. The van der Waals surface area contributed by atoms with Gasteiger partial charge in [0.25, 0.3) is 5.97 Å². The molecule has 0 aliphatic rings. The Kier molecular flexibility index (Phi) is 12.9. The van der Waals surface area contributed by atoms with Crippen LogP contribution < -0.4 is 0 Å². The van der Waals surface area contributed by atoms with Gasteiger partial charge in [-0.2, -0.15) is 48.0 Å². The van der Waals surface area contributed by atoms with Crippen LogP contribution in [0, 0.1) is 18.4 Å². The Labute approximate surface area is 196 Å². The summed E-state index contributed by atoms with van der Waals surface area (Å²) in [6.07, 6.45) is 3.54. The number of nitrogens with zero attached hydrogens (tertiary/aromatic N) is 2. The third-order valence-electron chi connectivity index (χ3n) is 3.43. The molecule has 0 N–H and O–H groups in total. The molecule has 4 rings (SSSR count). The first-order chi connectivity index (χ1) is 14.2. The molecular weight excluding hydrogens is 575 g/mol. The summed E-state index contributed by atoms with van der Waals surface area (Å²) in [7, 11) is 0. The number of rotatable bonds is 3. The summed E-state index contributed by atoms with van der Waals surface area (Å²) >= 11 is 1.27. The smallest absolute Gasteiger partial charge is 0.472 e. The third kappa shape index (κ3) is 9.73. The number of carbonyl (C=O) groups excluding carboxylic acids is 1. The van der Waals surface area contributed by atoms with E-state index in [-0.39, 0.29) is 27.0 Å². The van der Waals surface area contributed by atoms with Crippen molar-refractivity contribution < 1.29 is 30.6 Å². The summed E-state index contributed by atoms with van der Waals surface area (Å²) in [5.74, 6) is -0.256. The van der Waals surface area contributed by atoms with E-state index in [1.807, 2.05) is 60.7 Å². The van der Waals surface area contributed by atoms with Gasteiger partial charge in [-0.15, -0.1) is 5.38 Å². The predicted molar refractivity (Wildman–Crippen MR) is 117 cm³/mol. The van der Waals surface area contributed by atoms with E-state index >= 15 is 0 Å². The van der Waals surface area contributed by atoms with Gasteiger partial charge in [-0.3, -0.25) is 26.1 Å². The number of hydrogen-bond acceptors (Lipinski definition) is 5. The van der Waals surface area contributed by atoms with E-state index in [2.05, 4.69) is 28.3 Å². The summed E-state index contributed by atoms with van der Waals surface area (Å²) in [6.45, 7) is 4.28. The average Bonchev–Trinajstić information content (AvgIpc) is 3.32. The number of carbonyl (C=O) groups is 1. The van der Waals surface area contributed by atoms with Gasteiger partial charge in [0, 0.05) is 12.4 Å². The fourth-order valence-corrected chi connectivity index (χ4v) is 2.59. The number of thiophene rings is 1. The van der Waals surface area contributed by atoms with E-state index in [4.69, 9.17) is 4.74 Å². The van der Waals surface area contributed by atoms with E-state index in [1.54, 1.807) is 31.5 Å². The molecule has 156 valence electrons. The van der Waals surface area contributed by atoms with Crippen LogP contribution in [0.5, 0.6) is 0 Å². The molecule has 30 heavy (non-hydrogen) atoms. The number of aryl methyl sites for hydroxylation is 1. The van der Waals surface area contributed by atoms with Crippen LogP contribution in [-0.2, 0) is 25.8 Å². The third-order valence-corrected chi connectivity index (χ3v) is 4.20. The summed E-state index contributed by atoms with van der Waals surface area (Å²) in [6, 6.07) is 25.8. The van der Waals surface area contributed by atoms with Gasteiger partial charge in [-0.05, 0) is 36.1 Å². The second-order valence-electron chi connectivity index (χ2n) is 5.65. The van der Waals surface area contributed by atoms with Crippen molar-refractivity contribution in [2.45, 2.75) is 13.8 Å². The van der Waals surface area contributed by atoms with E-state index in [1.165, 1.54) is 16.9 Å². The number of aromatic nitrogens is 2. The van der Waals surface area contributed by atoms with Crippen molar-refractivity contribution >= 4 is 17.3 Å². The van der Waals surface area contributed by atoms with Gasteiger partial charge >= 0.3 is 21.1 Å². The molecule has 3 heterocycles. The van der Waals surface area contributed by atoms with Crippen molar-refractivity contribution in [3.8, 4) is 11.4 Å². The van der Waals surface area contributed by atoms with Crippen molar-refractivity contribution in [1.29, 1.82) is 0 Å². The largest absolute Gasteiger partial charge is 2.00 e. The van der Waals surface area contributed by atoms with Crippen LogP contribution in [0.25, 0.3) is 11.4 Å². The molecule has 6 heteroatoms. The molecule has 0 aliphatic heterocycles. The molecule has 0 saturated carbocycles. The number of benzene rings is 1. The molecule has 1 aromatic carbocycles. The minimum absolute atomic E-state index is 0. The molecule has 0 fully saturated rings. The van der Waals surface area contributed by atoms with E-state index in [0.29, 0.717) is 11.5 Å². The van der Waals surface area contributed by atoms with Crippen molar-refractivity contribution in [3.05, 3.63) is 107 Å². The molecule has 0 atom stereocenters. The minimum atomic E-state index is -0.256. The van der Waals surface area contributed by atoms with Crippen molar-refractivity contribution in [1.82, 2.24) is 9.97 Å². The van der Waals surface area contributed by atoms with Gasteiger partial charge in [0.1, 0.15) is 0 Å². The zero-order valence-corrected chi connectivity index (χ0v) is 19.8. The summed E-state index contributed by atoms with van der Waals surface area (Å²) in [5.41, 5.74) is 3.12. The SMILES string of the molecule is CCOC(=O)c1cc[c-]s1.Cc1cc[c-]cc1.[Pt+2].c1ccc(-c2ccccn2)nc1. The normalized spacial score (nSPS) is 9.00. The van der Waals surface area contributed by atoms with Gasteiger partial charge in [-0.25, -0.2) is 0 Å². The quantitative estimate of drug-likeness (QED) is 0.226. The van der Waals surface area contributed by atoms with Crippen molar-refractivity contribution in [2.75, 3.05) is 6.61 Å². The first-order valence-electron chi connectivity index (χ1n) is 9.09. The fourth-order valence-electron chi connectivity index (χ4n) is 2.05. The van der Waals surface area contributed by atoms with Crippen molar-refractivity contribution in [3.63, 3.8) is 0 Å². The van der Waals surface area contributed by atoms with Gasteiger partial charge in [0.2, 0.25) is 0 Å². The van der Waals surface area contributed by atoms with Crippen LogP contribution in [0.1, 0.15) is 22.2 Å². The summed E-state index contributed by atoms with van der Waals surface area (Å²) < 4.78 is 4.74. The van der Waals surface area contributed by atoms with E-state index in [0.717, 1.165) is 11.4 Å². The number of esters is 1. The Balaban J connectivity index is 0.000000229. The first kappa shape index (κ1) is 25.4. The van der Waals surface area contributed by atoms with Gasteiger partial charge in [0.15, 0.2) is 0 Å². The fraction of sp³-hybridized carbons (Fsp3) is 0.125. The molecule has 0 aliphatic carbocycles. The van der Waals surface area contributed by atoms with E-state index in [9.17, 15) is 4.79 Å². The molecular formula is C24H22N2O2PtS. The Morgan fingerprint density at radius 3 is 1.90 bits per heavy atom. The molecule has 4 aromatic rings. The maximum absolute atomic E-state index is 10.9. The topological polar surface area (TPSA) is 52.1 Å². The van der Waals surface area contributed by atoms with Crippen LogP contribution in [0.2, 0.25) is 0 Å². The Morgan fingerprint density at radius 1 is 0.933 bits per heavy atom.